The number of benzene rings is 1. The van der Waals surface area contributed by atoms with Crippen LogP contribution in [0.15, 0.2) is 35.5 Å². The Labute approximate surface area is 104 Å². The van der Waals surface area contributed by atoms with Gasteiger partial charge >= 0.3 is 0 Å². The van der Waals surface area contributed by atoms with Crippen molar-refractivity contribution in [3.05, 3.63) is 41.0 Å². The van der Waals surface area contributed by atoms with Gasteiger partial charge in [0.1, 0.15) is 0 Å². The molecule has 2 aromatic rings. The highest BCUT2D eigenvalue weighted by atomic mass is 35.5. The van der Waals surface area contributed by atoms with Crippen LogP contribution in [0.1, 0.15) is 5.56 Å². The molecule has 0 spiro atoms. The van der Waals surface area contributed by atoms with E-state index in [1.54, 1.807) is 25.1 Å². The Morgan fingerprint density at radius 3 is 2.71 bits per heavy atom. The van der Waals surface area contributed by atoms with Crippen LogP contribution >= 0.6 is 11.6 Å². The zero-order valence-corrected chi connectivity index (χ0v) is 10.5. The summed E-state index contributed by atoms with van der Waals surface area (Å²) in [5.74, 6) is 0. The number of para-hydroxylation sites is 1. The molecule has 7 heteroatoms. The summed E-state index contributed by atoms with van der Waals surface area (Å²) in [7, 11) is -3.67. The summed E-state index contributed by atoms with van der Waals surface area (Å²) in [6, 6.07) is 6.52. The molecule has 0 aliphatic rings. The molecule has 2 rings (SSSR count). The van der Waals surface area contributed by atoms with Gasteiger partial charge in [0, 0.05) is 0 Å². The van der Waals surface area contributed by atoms with Crippen molar-refractivity contribution in [1.82, 2.24) is 10.2 Å². The molecule has 0 unspecified atom stereocenters. The average molecular weight is 272 g/mol. The zero-order valence-electron chi connectivity index (χ0n) is 8.94. The molecular formula is C10H10ClN3O2S. The molecule has 0 radical (unpaired) electrons. The van der Waals surface area contributed by atoms with Crippen molar-refractivity contribution in [2.24, 2.45) is 0 Å². The van der Waals surface area contributed by atoms with Crippen molar-refractivity contribution >= 4 is 27.3 Å². The Bertz CT molecular complexity index is 603. The number of sulfonamides is 1. The van der Waals surface area contributed by atoms with Crippen LogP contribution in [0, 0.1) is 6.92 Å². The smallest absolute Gasteiger partial charge is 0.277 e. The van der Waals surface area contributed by atoms with Crippen LogP contribution in [0.4, 0.5) is 5.69 Å². The fourth-order valence-corrected chi connectivity index (χ4v) is 2.73. The number of rotatable bonds is 3. The lowest BCUT2D eigenvalue weighted by Gasteiger charge is -2.10. The van der Waals surface area contributed by atoms with Crippen LogP contribution < -0.4 is 4.72 Å². The van der Waals surface area contributed by atoms with Gasteiger partial charge in [0.25, 0.3) is 10.0 Å². The third-order valence-corrected chi connectivity index (χ3v) is 3.82. The quantitative estimate of drug-likeness (QED) is 0.898. The van der Waals surface area contributed by atoms with Crippen molar-refractivity contribution in [2.45, 2.75) is 11.9 Å². The van der Waals surface area contributed by atoms with Gasteiger partial charge in [-0.05, 0) is 24.6 Å². The maximum absolute atomic E-state index is 11.9. The second-order valence-corrected chi connectivity index (χ2v) is 5.52. The van der Waals surface area contributed by atoms with Gasteiger partial charge < -0.3 is 0 Å². The van der Waals surface area contributed by atoms with E-state index in [1.165, 1.54) is 12.3 Å². The molecule has 1 aromatic carbocycles. The van der Waals surface area contributed by atoms with Gasteiger partial charge in [-0.25, -0.2) is 0 Å². The number of H-pyrrole nitrogens is 1. The van der Waals surface area contributed by atoms with E-state index < -0.39 is 10.0 Å². The van der Waals surface area contributed by atoms with Crippen LogP contribution in [0.5, 0.6) is 0 Å². The van der Waals surface area contributed by atoms with Crippen molar-refractivity contribution in [2.75, 3.05) is 4.72 Å². The minimum absolute atomic E-state index is 0.00294. The third kappa shape index (κ3) is 2.42. The van der Waals surface area contributed by atoms with Crippen molar-refractivity contribution < 1.29 is 8.42 Å². The molecule has 0 amide bonds. The second-order valence-electron chi connectivity index (χ2n) is 3.46. The number of halogens is 1. The van der Waals surface area contributed by atoms with Gasteiger partial charge in [-0.1, -0.05) is 23.7 Å². The summed E-state index contributed by atoms with van der Waals surface area (Å²) in [6.07, 6.45) is 1.37. The molecule has 1 aromatic heterocycles. The average Bonchev–Trinajstić information content (AvgIpc) is 2.77. The van der Waals surface area contributed by atoms with E-state index >= 15 is 0 Å². The topological polar surface area (TPSA) is 74.8 Å². The summed E-state index contributed by atoms with van der Waals surface area (Å²) in [6.45, 7) is 1.77. The molecule has 1 heterocycles. The molecule has 0 bridgehead atoms. The minimum Gasteiger partial charge on any atom is -0.277 e. The molecule has 0 aliphatic heterocycles. The summed E-state index contributed by atoms with van der Waals surface area (Å²) >= 11 is 5.94. The van der Waals surface area contributed by atoms with Gasteiger partial charge in [0.2, 0.25) is 0 Å². The number of nitrogens with one attached hydrogen (secondary N) is 2. The number of aromatic nitrogens is 2. The number of aromatic amines is 1. The second kappa shape index (κ2) is 4.38. The molecule has 2 N–H and O–H groups in total. The highest BCUT2D eigenvalue weighted by molar-refractivity contribution is 7.92. The normalized spacial score (nSPS) is 11.4. The van der Waals surface area contributed by atoms with E-state index in [0.29, 0.717) is 10.7 Å². The standard InChI is InChI=1S/C10H10ClN3O2S/c1-7-3-2-4-8(11)10(7)14-17(15,16)9-5-6-12-13-9/h2-6,14H,1H3,(H,12,13). The predicted octanol–water partition coefficient (Wildman–Crippen LogP) is 2.17. The first-order chi connectivity index (χ1) is 8.00. The molecule has 90 valence electrons. The number of nitrogens with zero attached hydrogens (tertiary/aromatic N) is 1. The van der Waals surface area contributed by atoms with E-state index in [0.717, 1.165) is 5.56 Å². The van der Waals surface area contributed by atoms with Crippen LogP contribution in [0.2, 0.25) is 5.02 Å². The Morgan fingerprint density at radius 1 is 1.35 bits per heavy atom. The summed E-state index contributed by atoms with van der Waals surface area (Å²) in [5.41, 5.74) is 1.13. The molecule has 0 saturated carbocycles. The number of aryl methyl sites for hydroxylation is 1. The maximum atomic E-state index is 11.9. The molecule has 17 heavy (non-hydrogen) atoms. The summed E-state index contributed by atoms with van der Waals surface area (Å²) in [5, 5.41) is 6.34. The minimum atomic E-state index is -3.67. The Balaban J connectivity index is 2.40. The Kier molecular flexibility index (Phi) is 3.08. The number of hydrogen-bond donors (Lipinski definition) is 2. The number of hydrogen-bond acceptors (Lipinski definition) is 3. The lowest BCUT2D eigenvalue weighted by atomic mass is 10.2. The highest BCUT2D eigenvalue weighted by Crippen LogP contribution is 2.27. The van der Waals surface area contributed by atoms with Gasteiger partial charge in [-0.2, -0.15) is 13.5 Å². The largest absolute Gasteiger partial charge is 0.278 e. The zero-order chi connectivity index (χ0) is 12.5. The van der Waals surface area contributed by atoms with Gasteiger partial charge in [0.05, 0.1) is 16.9 Å². The summed E-state index contributed by atoms with van der Waals surface area (Å²) in [4.78, 5) is 0. The van der Waals surface area contributed by atoms with E-state index in [1.807, 2.05) is 0 Å². The maximum Gasteiger partial charge on any atom is 0.278 e. The van der Waals surface area contributed by atoms with Crippen LogP contribution in [0.25, 0.3) is 0 Å². The fraction of sp³-hybridized carbons (Fsp3) is 0.100. The fourth-order valence-electron chi connectivity index (χ4n) is 1.34. The van der Waals surface area contributed by atoms with E-state index in [-0.39, 0.29) is 5.03 Å². The first-order valence-corrected chi connectivity index (χ1v) is 6.64. The van der Waals surface area contributed by atoms with E-state index in [2.05, 4.69) is 14.9 Å². The van der Waals surface area contributed by atoms with Gasteiger partial charge in [-0.15, -0.1) is 0 Å². The van der Waals surface area contributed by atoms with Crippen LogP contribution in [0.3, 0.4) is 0 Å². The molecule has 0 atom stereocenters. The molecule has 0 aliphatic carbocycles. The Hall–Kier alpha value is -1.53. The molecule has 0 fully saturated rings. The molecule has 5 nitrogen and oxygen atoms in total. The van der Waals surface area contributed by atoms with Crippen molar-refractivity contribution in [3.63, 3.8) is 0 Å². The lowest BCUT2D eigenvalue weighted by Crippen LogP contribution is -2.14. The summed E-state index contributed by atoms with van der Waals surface area (Å²) < 4.78 is 26.3. The number of anilines is 1. The first kappa shape index (κ1) is 11.9. The van der Waals surface area contributed by atoms with Crippen molar-refractivity contribution in [1.29, 1.82) is 0 Å². The Morgan fingerprint density at radius 2 is 2.12 bits per heavy atom. The molecule has 0 saturated heterocycles. The lowest BCUT2D eigenvalue weighted by molar-refractivity contribution is 0.597. The van der Waals surface area contributed by atoms with E-state index in [9.17, 15) is 8.42 Å². The third-order valence-electron chi connectivity index (χ3n) is 2.22. The monoisotopic (exact) mass is 271 g/mol. The van der Waals surface area contributed by atoms with Crippen LogP contribution in [-0.4, -0.2) is 18.6 Å². The van der Waals surface area contributed by atoms with E-state index in [4.69, 9.17) is 11.6 Å². The molecular weight excluding hydrogens is 262 g/mol. The predicted molar refractivity (Wildman–Crippen MR) is 65.6 cm³/mol. The van der Waals surface area contributed by atoms with Gasteiger partial charge in [-0.3, -0.25) is 9.82 Å². The van der Waals surface area contributed by atoms with Gasteiger partial charge in [0.15, 0.2) is 5.03 Å². The SMILES string of the molecule is Cc1cccc(Cl)c1NS(=O)(=O)c1ccn[nH]1. The van der Waals surface area contributed by atoms with Crippen molar-refractivity contribution in [3.8, 4) is 0 Å². The first-order valence-electron chi connectivity index (χ1n) is 4.78. The van der Waals surface area contributed by atoms with Crippen LogP contribution in [-0.2, 0) is 10.0 Å². The highest BCUT2D eigenvalue weighted by Gasteiger charge is 2.17.